The Bertz CT molecular complexity index is 677. The van der Waals surface area contributed by atoms with Crippen molar-refractivity contribution in [2.45, 2.75) is 33.2 Å². The van der Waals surface area contributed by atoms with E-state index in [4.69, 9.17) is 9.47 Å². The highest BCUT2D eigenvalue weighted by molar-refractivity contribution is 5.94. The van der Waals surface area contributed by atoms with Crippen LogP contribution in [-0.4, -0.2) is 43.6 Å². The summed E-state index contributed by atoms with van der Waals surface area (Å²) < 4.78 is 9.76. The SMILES string of the molecule is CC[C@@H](C)[C@@H](NCC(=O)Nc1cc(OC)c([N+](=O)[O-])cc1C)C(=O)OC. The van der Waals surface area contributed by atoms with Gasteiger partial charge in [0.2, 0.25) is 5.91 Å². The fraction of sp³-hybridized carbons (Fsp3) is 0.529. The number of carbonyl (C=O) groups excluding carboxylic acids is 2. The molecule has 0 aliphatic rings. The van der Waals surface area contributed by atoms with Crippen molar-refractivity contribution in [3.05, 3.63) is 27.8 Å². The van der Waals surface area contributed by atoms with Gasteiger partial charge in [0.15, 0.2) is 5.75 Å². The lowest BCUT2D eigenvalue weighted by molar-refractivity contribution is -0.385. The van der Waals surface area contributed by atoms with Gasteiger partial charge in [-0.1, -0.05) is 20.3 Å². The molecule has 2 N–H and O–H groups in total. The molecule has 0 aliphatic carbocycles. The molecule has 9 heteroatoms. The standard InChI is InChI=1S/C17H25N3O6/c1-6-10(2)16(17(22)26-5)18-9-15(21)19-12-8-14(25-4)13(20(23)24)7-11(12)3/h7-8,10,16,18H,6,9H2,1-5H3,(H,19,21)/t10-,16-/m1/s1. The quantitative estimate of drug-likeness (QED) is 0.389. The summed E-state index contributed by atoms with van der Waals surface area (Å²) in [6, 6.07) is 2.14. The van der Waals surface area contributed by atoms with E-state index in [1.54, 1.807) is 6.92 Å². The van der Waals surface area contributed by atoms with E-state index in [0.717, 1.165) is 6.42 Å². The minimum absolute atomic E-state index is 0.00328. The van der Waals surface area contributed by atoms with Crippen molar-refractivity contribution in [2.24, 2.45) is 5.92 Å². The molecule has 0 saturated heterocycles. The molecule has 0 heterocycles. The smallest absolute Gasteiger partial charge is 0.323 e. The van der Waals surface area contributed by atoms with Crippen LogP contribution in [0.1, 0.15) is 25.8 Å². The van der Waals surface area contributed by atoms with Crippen molar-refractivity contribution in [3.63, 3.8) is 0 Å². The minimum Gasteiger partial charge on any atom is -0.490 e. The van der Waals surface area contributed by atoms with Crippen LogP contribution in [0.15, 0.2) is 12.1 Å². The number of benzene rings is 1. The first-order chi connectivity index (χ1) is 12.2. The van der Waals surface area contributed by atoms with Crippen molar-refractivity contribution < 1.29 is 24.0 Å². The molecule has 1 amide bonds. The van der Waals surface area contributed by atoms with Crippen LogP contribution in [0.2, 0.25) is 0 Å². The Morgan fingerprint density at radius 3 is 2.46 bits per heavy atom. The lowest BCUT2D eigenvalue weighted by Gasteiger charge is -2.21. The van der Waals surface area contributed by atoms with Gasteiger partial charge in [0.25, 0.3) is 0 Å². The highest BCUT2D eigenvalue weighted by Crippen LogP contribution is 2.32. The van der Waals surface area contributed by atoms with E-state index >= 15 is 0 Å². The first-order valence-electron chi connectivity index (χ1n) is 8.19. The van der Waals surface area contributed by atoms with Crippen molar-refractivity contribution in [3.8, 4) is 5.75 Å². The number of rotatable bonds is 9. The Labute approximate surface area is 152 Å². The van der Waals surface area contributed by atoms with Crippen LogP contribution in [0, 0.1) is 23.0 Å². The van der Waals surface area contributed by atoms with Crippen molar-refractivity contribution in [2.75, 3.05) is 26.1 Å². The summed E-state index contributed by atoms with van der Waals surface area (Å²) in [6.07, 6.45) is 0.743. The highest BCUT2D eigenvalue weighted by atomic mass is 16.6. The number of amides is 1. The molecule has 0 radical (unpaired) electrons. The zero-order valence-corrected chi connectivity index (χ0v) is 15.6. The van der Waals surface area contributed by atoms with E-state index in [-0.39, 0.29) is 29.8 Å². The average Bonchev–Trinajstić information content (AvgIpc) is 2.62. The lowest BCUT2D eigenvalue weighted by atomic mass is 9.99. The van der Waals surface area contributed by atoms with Crippen LogP contribution >= 0.6 is 0 Å². The molecule has 0 aliphatic heterocycles. The Morgan fingerprint density at radius 2 is 1.96 bits per heavy atom. The van der Waals surface area contributed by atoms with Gasteiger partial charge >= 0.3 is 11.7 Å². The van der Waals surface area contributed by atoms with E-state index in [1.807, 2.05) is 13.8 Å². The van der Waals surface area contributed by atoms with Gasteiger partial charge < -0.3 is 14.8 Å². The van der Waals surface area contributed by atoms with E-state index in [9.17, 15) is 19.7 Å². The molecule has 0 fully saturated rings. The number of methoxy groups -OCH3 is 2. The number of nitro groups is 1. The summed E-state index contributed by atoms with van der Waals surface area (Å²) >= 11 is 0. The Balaban J connectivity index is 2.84. The number of nitrogens with zero attached hydrogens (tertiary/aromatic N) is 1. The molecule has 26 heavy (non-hydrogen) atoms. The minimum atomic E-state index is -0.594. The number of carbonyl (C=O) groups is 2. The average molecular weight is 367 g/mol. The maximum Gasteiger partial charge on any atom is 0.323 e. The normalized spacial score (nSPS) is 12.8. The maximum absolute atomic E-state index is 12.2. The fourth-order valence-electron chi connectivity index (χ4n) is 2.39. The van der Waals surface area contributed by atoms with E-state index < -0.39 is 16.9 Å². The summed E-state index contributed by atoms with van der Waals surface area (Å²) in [5.41, 5.74) is 0.748. The highest BCUT2D eigenvalue weighted by Gasteiger charge is 2.25. The van der Waals surface area contributed by atoms with Crippen LogP contribution in [0.25, 0.3) is 0 Å². The number of hydrogen-bond acceptors (Lipinski definition) is 7. The Hall–Kier alpha value is -2.68. The first-order valence-corrected chi connectivity index (χ1v) is 8.19. The van der Waals surface area contributed by atoms with Crippen LogP contribution in [-0.2, 0) is 14.3 Å². The summed E-state index contributed by atoms with van der Waals surface area (Å²) in [5.74, 6) is -0.770. The summed E-state index contributed by atoms with van der Waals surface area (Å²) in [4.78, 5) is 34.5. The predicted octanol–water partition coefficient (Wildman–Crippen LogP) is 2.03. The number of aryl methyl sites for hydroxylation is 1. The molecule has 0 spiro atoms. The largest absolute Gasteiger partial charge is 0.490 e. The number of nitrogens with one attached hydrogen (secondary N) is 2. The number of anilines is 1. The second-order valence-electron chi connectivity index (χ2n) is 5.91. The van der Waals surface area contributed by atoms with Crippen LogP contribution < -0.4 is 15.4 Å². The molecule has 2 atom stereocenters. The third kappa shape index (κ3) is 5.41. The second kappa shape index (κ2) is 9.71. The molecule has 1 aromatic rings. The number of nitro benzene ring substituents is 1. The molecule has 1 rings (SSSR count). The van der Waals surface area contributed by atoms with Gasteiger partial charge in [-0.15, -0.1) is 0 Å². The van der Waals surface area contributed by atoms with Crippen molar-refractivity contribution in [1.29, 1.82) is 0 Å². The second-order valence-corrected chi connectivity index (χ2v) is 5.91. The molecule has 0 aromatic heterocycles. The van der Waals surface area contributed by atoms with Gasteiger partial charge in [-0.05, 0) is 18.4 Å². The third-order valence-corrected chi connectivity index (χ3v) is 4.15. The zero-order chi connectivity index (χ0) is 19.9. The van der Waals surface area contributed by atoms with Gasteiger partial charge in [-0.2, -0.15) is 0 Å². The van der Waals surface area contributed by atoms with Gasteiger partial charge in [0.1, 0.15) is 6.04 Å². The van der Waals surface area contributed by atoms with Gasteiger partial charge in [-0.25, -0.2) is 0 Å². The van der Waals surface area contributed by atoms with Gasteiger partial charge in [-0.3, -0.25) is 25.0 Å². The molecule has 144 valence electrons. The molecule has 0 bridgehead atoms. The first kappa shape index (κ1) is 21.4. The van der Waals surface area contributed by atoms with Crippen LogP contribution in [0.3, 0.4) is 0 Å². The fourth-order valence-corrected chi connectivity index (χ4v) is 2.39. The maximum atomic E-state index is 12.2. The third-order valence-electron chi connectivity index (χ3n) is 4.15. The van der Waals surface area contributed by atoms with E-state index in [1.165, 1.54) is 26.4 Å². The number of ether oxygens (including phenoxy) is 2. The predicted molar refractivity (Wildman–Crippen MR) is 96.3 cm³/mol. The summed E-state index contributed by atoms with van der Waals surface area (Å²) in [6.45, 7) is 5.36. The zero-order valence-electron chi connectivity index (χ0n) is 15.6. The summed E-state index contributed by atoms with van der Waals surface area (Å²) in [7, 11) is 2.61. The van der Waals surface area contributed by atoms with Crippen molar-refractivity contribution in [1.82, 2.24) is 5.32 Å². The molecule has 0 saturated carbocycles. The monoisotopic (exact) mass is 367 g/mol. The number of hydrogen-bond donors (Lipinski definition) is 2. The Kier molecular flexibility index (Phi) is 7.98. The molecular weight excluding hydrogens is 342 g/mol. The number of esters is 1. The van der Waals surface area contributed by atoms with Crippen molar-refractivity contribution >= 4 is 23.3 Å². The molecule has 1 aromatic carbocycles. The topological polar surface area (TPSA) is 120 Å². The summed E-state index contributed by atoms with van der Waals surface area (Å²) in [5, 5.41) is 16.6. The van der Waals surface area contributed by atoms with Crippen LogP contribution in [0.4, 0.5) is 11.4 Å². The van der Waals surface area contributed by atoms with Crippen LogP contribution in [0.5, 0.6) is 5.75 Å². The molecule has 0 unspecified atom stereocenters. The lowest BCUT2D eigenvalue weighted by Crippen LogP contribution is -2.45. The van der Waals surface area contributed by atoms with E-state index in [2.05, 4.69) is 10.6 Å². The molecule has 9 nitrogen and oxygen atoms in total. The van der Waals surface area contributed by atoms with Gasteiger partial charge in [0, 0.05) is 17.8 Å². The Morgan fingerprint density at radius 1 is 1.31 bits per heavy atom. The molecular formula is C17H25N3O6. The van der Waals surface area contributed by atoms with Gasteiger partial charge in [0.05, 0.1) is 25.7 Å². The van der Waals surface area contributed by atoms with E-state index in [0.29, 0.717) is 11.3 Å².